The van der Waals surface area contributed by atoms with Crippen LogP contribution >= 0.6 is 15.9 Å². The summed E-state index contributed by atoms with van der Waals surface area (Å²) in [5.41, 5.74) is 9.70. The van der Waals surface area contributed by atoms with Gasteiger partial charge in [-0.15, -0.1) is 0 Å². The van der Waals surface area contributed by atoms with E-state index in [0.29, 0.717) is 12.6 Å². The third-order valence-electron chi connectivity index (χ3n) is 3.91. The zero-order chi connectivity index (χ0) is 13.9. The molecule has 104 valence electrons. The molecule has 4 heteroatoms. The van der Waals surface area contributed by atoms with Gasteiger partial charge in [-0.2, -0.15) is 0 Å². The van der Waals surface area contributed by atoms with Gasteiger partial charge in [-0.1, -0.05) is 15.9 Å². The molecule has 1 unspecified atom stereocenters. The van der Waals surface area contributed by atoms with E-state index in [1.54, 1.807) is 0 Å². The van der Waals surface area contributed by atoms with E-state index >= 15 is 0 Å². The first-order valence-corrected chi connectivity index (χ1v) is 7.74. The van der Waals surface area contributed by atoms with Gasteiger partial charge >= 0.3 is 0 Å². The van der Waals surface area contributed by atoms with Gasteiger partial charge in [0.2, 0.25) is 0 Å². The number of nitrogens with two attached hydrogens (primary N) is 1. The number of nitrogens with zero attached hydrogens (tertiary/aromatic N) is 2. The maximum absolute atomic E-state index is 5.91. The van der Waals surface area contributed by atoms with Crippen LogP contribution in [0, 0.1) is 0 Å². The van der Waals surface area contributed by atoms with E-state index < -0.39 is 0 Å². The molecule has 0 aliphatic carbocycles. The molecule has 1 aliphatic rings. The van der Waals surface area contributed by atoms with Crippen molar-refractivity contribution < 1.29 is 0 Å². The fourth-order valence-electron chi connectivity index (χ4n) is 2.98. The quantitative estimate of drug-likeness (QED) is 0.933. The number of benzene rings is 1. The number of halogens is 1. The van der Waals surface area contributed by atoms with Crippen LogP contribution in [0.2, 0.25) is 0 Å². The average molecular weight is 332 g/mol. The molecule has 0 bridgehead atoms. The van der Waals surface area contributed by atoms with Crippen molar-refractivity contribution in [2.45, 2.75) is 25.4 Å². The van der Waals surface area contributed by atoms with Gasteiger partial charge in [-0.05, 0) is 54.3 Å². The molecule has 0 radical (unpaired) electrons. The summed E-state index contributed by atoms with van der Waals surface area (Å²) in [6.07, 6.45) is 6.14. The van der Waals surface area contributed by atoms with Gasteiger partial charge in [-0.25, -0.2) is 0 Å². The van der Waals surface area contributed by atoms with Crippen LogP contribution in [0.5, 0.6) is 0 Å². The molecule has 1 aromatic carbocycles. The van der Waals surface area contributed by atoms with E-state index in [2.05, 4.69) is 56.1 Å². The smallest absolute Gasteiger partial charge is 0.0544 e. The lowest BCUT2D eigenvalue weighted by atomic mass is 10.0. The van der Waals surface area contributed by atoms with Crippen LogP contribution in [-0.2, 0) is 6.54 Å². The maximum Gasteiger partial charge on any atom is 0.0544 e. The van der Waals surface area contributed by atoms with E-state index in [0.717, 1.165) is 11.0 Å². The highest BCUT2D eigenvalue weighted by Crippen LogP contribution is 2.38. The number of hydrogen-bond acceptors (Lipinski definition) is 3. The molecular weight excluding hydrogens is 314 g/mol. The summed E-state index contributed by atoms with van der Waals surface area (Å²) in [5.74, 6) is 0. The zero-order valence-corrected chi connectivity index (χ0v) is 12.9. The summed E-state index contributed by atoms with van der Waals surface area (Å²) in [4.78, 5) is 6.59. The van der Waals surface area contributed by atoms with Crippen LogP contribution in [0.3, 0.4) is 0 Å². The van der Waals surface area contributed by atoms with Crippen molar-refractivity contribution in [2.24, 2.45) is 5.73 Å². The summed E-state index contributed by atoms with van der Waals surface area (Å²) < 4.78 is 1.08. The van der Waals surface area contributed by atoms with Gasteiger partial charge in [0.05, 0.1) is 6.04 Å². The molecule has 0 spiro atoms. The highest BCUT2D eigenvalue weighted by atomic mass is 79.9. The van der Waals surface area contributed by atoms with Gasteiger partial charge < -0.3 is 10.6 Å². The number of hydrogen-bond donors (Lipinski definition) is 1. The Balaban J connectivity index is 1.97. The van der Waals surface area contributed by atoms with Crippen LogP contribution < -0.4 is 10.6 Å². The minimum atomic E-state index is 0.435. The molecule has 0 saturated carbocycles. The largest absolute Gasteiger partial charge is 0.364 e. The topological polar surface area (TPSA) is 42.1 Å². The Labute approximate surface area is 127 Å². The van der Waals surface area contributed by atoms with E-state index in [1.165, 1.54) is 29.7 Å². The molecular formula is C16H18BrN3. The fourth-order valence-corrected chi connectivity index (χ4v) is 3.39. The van der Waals surface area contributed by atoms with Crippen molar-refractivity contribution in [3.05, 3.63) is 58.3 Å². The molecule has 1 aromatic heterocycles. The van der Waals surface area contributed by atoms with E-state index in [1.807, 2.05) is 12.4 Å². The Hall–Kier alpha value is -1.39. The predicted molar refractivity (Wildman–Crippen MR) is 85.6 cm³/mol. The molecule has 20 heavy (non-hydrogen) atoms. The lowest BCUT2D eigenvalue weighted by Crippen LogP contribution is -2.24. The summed E-state index contributed by atoms with van der Waals surface area (Å²) in [6, 6.07) is 11.1. The first kappa shape index (κ1) is 13.6. The van der Waals surface area contributed by atoms with Crippen molar-refractivity contribution in [3.8, 4) is 0 Å². The van der Waals surface area contributed by atoms with Crippen molar-refractivity contribution in [3.63, 3.8) is 0 Å². The Morgan fingerprint density at radius 2 is 2.05 bits per heavy atom. The molecule has 0 amide bonds. The summed E-state index contributed by atoms with van der Waals surface area (Å²) >= 11 is 3.52. The average Bonchev–Trinajstić information content (AvgIpc) is 2.97. The molecule has 2 N–H and O–H groups in total. The standard InChI is InChI=1S/C16H18BrN3/c17-14-3-4-16(13(10-14)11-18)20-9-1-2-15(20)12-5-7-19-8-6-12/h3-8,10,15H,1-2,9,11,18H2. The highest BCUT2D eigenvalue weighted by Gasteiger charge is 2.27. The minimum absolute atomic E-state index is 0.435. The van der Waals surface area contributed by atoms with E-state index in [4.69, 9.17) is 5.73 Å². The highest BCUT2D eigenvalue weighted by molar-refractivity contribution is 9.10. The molecule has 1 fully saturated rings. The second-order valence-electron chi connectivity index (χ2n) is 5.11. The van der Waals surface area contributed by atoms with Crippen LogP contribution in [0.25, 0.3) is 0 Å². The number of pyridine rings is 1. The Bertz CT molecular complexity index is 586. The van der Waals surface area contributed by atoms with Crippen molar-refractivity contribution in [1.82, 2.24) is 4.98 Å². The number of rotatable bonds is 3. The van der Waals surface area contributed by atoms with Crippen LogP contribution in [0.4, 0.5) is 5.69 Å². The Morgan fingerprint density at radius 3 is 2.80 bits per heavy atom. The molecule has 2 aromatic rings. The van der Waals surface area contributed by atoms with Gasteiger partial charge in [0, 0.05) is 35.6 Å². The van der Waals surface area contributed by atoms with Gasteiger partial charge in [0.15, 0.2) is 0 Å². The van der Waals surface area contributed by atoms with Crippen LogP contribution in [0.1, 0.15) is 30.0 Å². The van der Waals surface area contributed by atoms with Crippen molar-refractivity contribution in [2.75, 3.05) is 11.4 Å². The fraction of sp³-hybridized carbons (Fsp3) is 0.312. The van der Waals surface area contributed by atoms with E-state index in [-0.39, 0.29) is 0 Å². The lowest BCUT2D eigenvalue weighted by Gasteiger charge is -2.29. The SMILES string of the molecule is NCc1cc(Br)ccc1N1CCCC1c1ccncc1. The number of anilines is 1. The van der Waals surface area contributed by atoms with Gasteiger partial charge in [-0.3, -0.25) is 4.98 Å². The summed E-state index contributed by atoms with van der Waals surface area (Å²) in [7, 11) is 0. The second-order valence-corrected chi connectivity index (χ2v) is 6.02. The van der Waals surface area contributed by atoms with Crippen molar-refractivity contribution >= 4 is 21.6 Å². The van der Waals surface area contributed by atoms with Gasteiger partial charge in [0.25, 0.3) is 0 Å². The number of aromatic nitrogens is 1. The summed E-state index contributed by atoms with van der Waals surface area (Å²) in [6.45, 7) is 1.65. The second kappa shape index (κ2) is 5.94. The Morgan fingerprint density at radius 1 is 1.25 bits per heavy atom. The molecule has 3 rings (SSSR count). The maximum atomic E-state index is 5.91. The zero-order valence-electron chi connectivity index (χ0n) is 11.3. The lowest BCUT2D eigenvalue weighted by molar-refractivity contribution is 0.714. The molecule has 3 nitrogen and oxygen atoms in total. The van der Waals surface area contributed by atoms with Gasteiger partial charge in [0.1, 0.15) is 0 Å². The Kier molecular flexibility index (Phi) is 4.03. The third-order valence-corrected chi connectivity index (χ3v) is 4.41. The van der Waals surface area contributed by atoms with Crippen LogP contribution in [0.15, 0.2) is 47.2 Å². The van der Waals surface area contributed by atoms with E-state index in [9.17, 15) is 0 Å². The minimum Gasteiger partial charge on any atom is -0.364 e. The molecule has 1 aliphatic heterocycles. The monoisotopic (exact) mass is 331 g/mol. The normalized spacial score (nSPS) is 18.5. The van der Waals surface area contributed by atoms with Crippen LogP contribution in [-0.4, -0.2) is 11.5 Å². The first-order valence-electron chi connectivity index (χ1n) is 6.94. The molecule has 2 heterocycles. The van der Waals surface area contributed by atoms with Crippen molar-refractivity contribution in [1.29, 1.82) is 0 Å². The molecule has 1 atom stereocenters. The first-order chi connectivity index (χ1) is 9.79. The molecule has 1 saturated heterocycles. The predicted octanol–water partition coefficient (Wildman–Crippen LogP) is 3.64. The third kappa shape index (κ3) is 2.58. The summed E-state index contributed by atoms with van der Waals surface area (Å²) in [5, 5.41) is 0.